The van der Waals surface area contributed by atoms with Crippen LogP contribution in [0.25, 0.3) is 6.08 Å². The number of ether oxygens (including phenoxy) is 1. The van der Waals surface area contributed by atoms with Crippen LogP contribution in [0.15, 0.2) is 35.3 Å². The van der Waals surface area contributed by atoms with Gasteiger partial charge in [-0.15, -0.1) is 0 Å². The van der Waals surface area contributed by atoms with E-state index < -0.39 is 0 Å². The van der Waals surface area contributed by atoms with Crippen LogP contribution in [0.2, 0.25) is 0 Å². The van der Waals surface area contributed by atoms with Crippen LogP contribution in [0.4, 0.5) is 5.69 Å². The fourth-order valence-electron chi connectivity index (χ4n) is 3.12. The molecule has 0 saturated heterocycles. The van der Waals surface area contributed by atoms with Crippen molar-refractivity contribution in [3.05, 3.63) is 52.8 Å². The van der Waals surface area contributed by atoms with Gasteiger partial charge in [0.05, 0.1) is 24.8 Å². The van der Waals surface area contributed by atoms with Gasteiger partial charge < -0.3 is 20.4 Å². The van der Waals surface area contributed by atoms with Crippen molar-refractivity contribution in [2.24, 2.45) is 5.16 Å². The summed E-state index contributed by atoms with van der Waals surface area (Å²) in [4.78, 5) is 8.75. The molecule has 0 aliphatic heterocycles. The van der Waals surface area contributed by atoms with Gasteiger partial charge in [-0.2, -0.15) is 0 Å². The summed E-state index contributed by atoms with van der Waals surface area (Å²) in [5, 5.41) is 24.7. The second-order valence-corrected chi connectivity index (χ2v) is 6.37. The zero-order valence-corrected chi connectivity index (χ0v) is 15.4. The first-order chi connectivity index (χ1) is 13.2. The molecule has 3 N–H and O–H groups in total. The standard InChI is InChI=1S/C20H24N4O3/c1-27-15-6-7-17-16(12-15)18(9-11-22-17)21-10-3-2-4-14-5-8-20(25)19(24-14)13-23-26/h5,8-9,11-13,25-26H,2-4,6-7,10H2,1H3,(H,21,22)/b23-13+. The largest absolute Gasteiger partial charge is 0.506 e. The Hall–Kier alpha value is -3.09. The van der Waals surface area contributed by atoms with Crippen molar-refractivity contribution in [3.63, 3.8) is 0 Å². The molecule has 2 aromatic rings. The molecule has 0 radical (unpaired) electrons. The fourth-order valence-corrected chi connectivity index (χ4v) is 3.12. The highest BCUT2D eigenvalue weighted by atomic mass is 16.5. The van der Waals surface area contributed by atoms with E-state index in [1.54, 1.807) is 19.2 Å². The number of aryl methyl sites for hydroxylation is 2. The van der Waals surface area contributed by atoms with Gasteiger partial charge in [-0.25, -0.2) is 4.98 Å². The lowest BCUT2D eigenvalue weighted by Gasteiger charge is -2.18. The molecule has 0 spiro atoms. The molecule has 142 valence electrons. The molecule has 3 rings (SSSR count). The average Bonchev–Trinajstić information content (AvgIpc) is 2.70. The third kappa shape index (κ3) is 4.75. The minimum atomic E-state index is 0.00385. The summed E-state index contributed by atoms with van der Waals surface area (Å²) in [5.41, 5.74) is 4.44. The molecule has 0 atom stereocenters. The average molecular weight is 368 g/mol. The van der Waals surface area contributed by atoms with E-state index in [0.717, 1.165) is 73.3 Å². The second-order valence-electron chi connectivity index (χ2n) is 6.37. The number of anilines is 1. The van der Waals surface area contributed by atoms with Crippen LogP contribution >= 0.6 is 0 Å². The van der Waals surface area contributed by atoms with Crippen molar-refractivity contribution in [3.8, 4) is 5.75 Å². The van der Waals surface area contributed by atoms with Gasteiger partial charge in [0.15, 0.2) is 0 Å². The molecule has 2 heterocycles. The molecule has 0 fully saturated rings. The van der Waals surface area contributed by atoms with Crippen molar-refractivity contribution in [2.75, 3.05) is 19.0 Å². The molecular weight excluding hydrogens is 344 g/mol. The summed E-state index contributed by atoms with van der Waals surface area (Å²) < 4.78 is 5.39. The van der Waals surface area contributed by atoms with E-state index in [0.29, 0.717) is 0 Å². The number of oxime groups is 1. The first-order valence-electron chi connectivity index (χ1n) is 9.04. The number of nitrogens with zero attached hydrogens (tertiary/aromatic N) is 3. The number of fused-ring (bicyclic) bond motifs is 1. The number of hydrogen-bond donors (Lipinski definition) is 3. The Balaban J connectivity index is 1.52. The fraction of sp³-hybridized carbons (Fsp3) is 0.350. The van der Waals surface area contributed by atoms with Gasteiger partial charge in [-0.1, -0.05) is 5.16 Å². The van der Waals surface area contributed by atoms with E-state index in [-0.39, 0.29) is 11.4 Å². The Bertz CT molecular complexity index is 849. The van der Waals surface area contributed by atoms with Crippen molar-refractivity contribution in [1.29, 1.82) is 0 Å². The van der Waals surface area contributed by atoms with Gasteiger partial charge in [0.25, 0.3) is 0 Å². The lowest BCUT2D eigenvalue weighted by molar-refractivity contribution is 0.279. The summed E-state index contributed by atoms with van der Waals surface area (Å²) >= 11 is 0. The Kier molecular flexibility index (Phi) is 6.25. The van der Waals surface area contributed by atoms with E-state index in [1.165, 1.54) is 0 Å². The van der Waals surface area contributed by atoms with Crippen LogP contribution in [0.1, 0.15) is 41.9 Å². The molecule has 2 aromatic heterocycles. The zero-order chi connectivity index (χ0) is 19.1. The molecule has 0 unspecified atom stereocenters. The number of hydrogen-bond acceptors (Lipinski definition) is 7. The monoisotopic (exact) mass is 368 g/mol. The van der Waals surface area contributed by atoms with Gasteiger partial charge in [0.1, 0.15) is 11.4 Å². The third-order valence-corrected chi connectivity index (χ3v) is 4.56. The maximum absolute atomic E-state index is 9.64. The summed E-state index contributed by atoms with van der Waals surface area (Å²) in [6.45, 7) is 0.843. The first kappa shape index (κ1) is 18.7. The smallest absolute Gasteiger partial charge is 0.142 e. The van der Waals surface area contributed by atoms with E-state index in [9.17, 15) is 5.11 Å². The van der Waals surface area contributed by atoms with Crippen LogP contribution in [0.3, 0.4) is 0 Å². The number of unbranched alkanes of at least 4 members (excludes halogenated alkanes) is 1. The first-order valence-corrected chi connectivity index (χ1v) is 9.04. The number of nitrogens with one attached hydrogen (secondary N) is 1. The molecule has 1 aliphatic rings. The van der Waals surface area contributed by atoms with E-state index >= 15 is 0 Å². The molecule has 0 amide bonds. The Morgan fingerprint density at radius 1 is 1.26 bits per heavy atom. The van der Waals surface area contributed by atoms with Crippen LogP contribution in [-0.4, -0.2) is 40.2 Å². The van der Waals surface area contributed by atoms with Crippen LogP contribution in [0.5, 0.6) is 5.75 Å². The normalized spacial score (nSPS) is 13.3. The molecule has 7 heteroatoms. The summed E-state index contributed by atoms with van der Waals surface area (Å²) in [6, 6.07) is 5.35. The molecular formula is C20H24N4O3. The molecule has 0 bridgehead atoms. The summed E-state index contributed by atoms with van der Waals surface area (Å²) in [5.74, 6) is 0.989. The number of rotatable bonds is 8. The van der Waals surface area contributed by atoms with Crippen molar-refractivity contribution >= 4 is 18.0 Å². The van der Waals surface area contributed by atoms with Gasteiger partial charge in [0, 0.05) is 36.1 Å². The van der Waals surface area contributed by atoms with E-state index in [1.807, 2.05) is 12.3 Å². The quantitative estimate of drug-likeness (QED) is 0.286. The van der Waals surface area contributed by atoms with Gasteiger partial charge >= 0.3 is 0 Å². The highest BCUT2D eigenvalue weighted by molar-refractivity contribution is 5.80. The zero-order valence-electron chi connectivity index (χ0n) is 15.4. The molecule has 7 nitrogen and oxygen atoms in total. The van der Waals surface area contributed by atoms with Gasteiger partial charge in [-0.05, 0) is 50.0 Å². The lowest BCUT2D eigenvalue weighted by Crippen LogP contribution is -2.09. The van der Waals surface area contributed by atoms with Gasteiger partial charge in [0.2, 0.25) is 0 Å². The molecule has 0 aromatic carbocycles. The number of allylic oxidation sites excluding steroid dienone is 1. The molecule has 0 saturated carbocycles. The Labute approximate surface area is 158 Å². The Morgan fingerprint density at radius 2 is 2.15 bits per heavy atom. The molecule has 27 heavy (non-hydrogen) atoms. The van der Waals surface area contributed by atoms with Gasteiger partial charge in [-0.3, -0.25) is 4.98 Å². The maximum atomic E-state index is 9.64. The number of aromatic hydroxyl groups is 1. The van der Waals surface area contributed by atoms with E-state index in [2.05, 4.69) is 26.5 Å². The number of pyridine rings is 2. The van der Waals surface area contributed by atoms with Crippen LogP contribution in [0, 0.1) is 0 Å². The predicted octanol–water partition coefficient (Wildman–Crippen LogP) is 3.36. The second kappa shape index (κ2) is 9.02. The van der Waals surface area contributed by atoms with E-state index in [4.69, 9.17) is 9.94 Å². The summed E-state index contributed by atoms with van der Waals surface area (Å²) in [7, 11) is 1.70. The number of methoxy groups -OCH3 is 1. The van der Waals surface area contributed by atoms with Crippen molar-refractivity contribution in [1.82, 2.24) is 9.97 Å². The summed E-state index contributed by atoms with van der Waals surface area (Å²) in [6.07, 6.45) is 9.55. The highest BCUT2D eigenvalue weighted by Crippen LogP contribution is 2.28. The topological polar surface area (TPSA) is 99.9 Å². The Morgan fingerprint density at radius 3 is 2.96 bits per heavy atom. The van der Waals surface area contributed by atoms with Crippen LogP contribution in [-0.2, 0) is 17.6 Å². The number of aromatic nitrogens is 2. The van der Waals surface area contributed by atoms with Crippen LogP contribution < -0.4 is 5.32 Å². The highest BCUT2D eigenvalue weighted by Gasteiger charge is 2.15. The lowest BCUT2D eigenvalue weighted by atomic mass is 10.00. The van der Waals surface area contributed by atoms with Crippen molar-refractivity contribution < 1.29 is 15.1 Å². The van der Waals surface area contributed by atoms with Crippen molar-refractivity contribution in [2.45, 2.75) is 32.1 Å². The minimum absolute atomic E-state index is 0.00385. The minimum Gasteiger partial charge on any atom is -0.506 e. The maximum Gasteiger partial charge on any atom is 0.142 e. The predicted molar refractivity (Wildman–Crippen MR) is 104 cm³/mol. The third-order valence-electron chi connectivity index (χ3n) is 4.56. The molecule has 1 aliphatic carbocycles. The SMILES string of the molecule is COC1=Cc2c(NCCCCc3ccc(O)c(/C=N/O)n3)ccnc2CC1.